The Morgan fingerprint density at radius 3 is 2.67 bits per heavy atom. The molecule has 1 aliphatic heterocycles. The highest BCUT2D eigenvalue weighted by atomic mass is 127. The highest BCUT2D eigenvalue weighted by Crippen LogP contribution is 2.15. The molecule has 6 heteroatoms. The lowest BCUT2D eigenvalue weighted by Crippen LogP contribution is -2.49. The molecule has 0 saturated carbocycles. The SMILES string of the molecule is CCC(C)NC(=NCC(=O)N(C)C)N1CCCC(C)C1.I. The first kappa shape index (κ1) is 20.5. The van der Waals surface area contributed by atoms with E-state index in [4.69, 9.17) is 0 Å². The number of likely N-dealkylation sites (N-methyl/N-ethyl adjacent to an activating group) is 1. The van der Waals surface area contributed by atoms with Gasteiger partial charge in [0.25, 0.3) is 0 Å². The van der Waals surface area contributed by atoms with Crippen molar-refractivity contribution < 1.29 is 4.79 Å². The monoisotopic (exact) mass is 410 g/mol. The predicted molar refractivity (Wildman–Crippen MR) is 99.3 cm³/mol. The van der Waals surface area contributed by atoms with Crippen molar-refractivity contribution in [2.45, 2.75) is 46.1 Å². The largest absolute Gasteiger partial charge is 0.354 e. The smallest absolute Gasteiger partial charge is 0.243 e. The van der Waals surface area contributed by atoms with Gasteiger partial charge in [-0.25, -0.2) is 4.99 Å². The molecule has 1 fully saturated rings. The number of amides is 1. The number of hydrogen-bond donors (Lipinski definition) is 1. The Labute approximate surface area is 146 Å². The summed E-state index contributed by atoms with van der Waals surface area (Å²) in [5, 5.41) is 3.46. The number of nitrogens with one attached hydrogen (secondary N) is 1. The van der Waals surface area contributed by atoms with Crippen molar-refractivity contribution in [1.82, 2.24) is 15.1 Å². The minimum absolute atomic E-state index is 0. The average Bonchev–Trinajstić information content (AvgIpc) is 2.42. The Bertz CT molecular complexity index is 347. The van der Waals surface area contributed by atoms with Crippen LogP contribution >= 0.6 is 24.0 Å². The third-order valence-corrected chi connectivity index (χ3v) is 3.81. The van der Waals surface area contributed by atoms with Crippen LogP contribution in [0.1, 0.15) is 40.0 Å². The number of hydrogen-bond acceptors (Lipinski definition) is 2. The lowest BCUT2D eigenvalue weighted by atomic mass is 10.0. The number of rotatable bonds is 4. The van der Waals surface area contributed by atoms with E-state index in [1.54, 1.807) is 19.0 Å². The van der Waals surface area contributed by atoms with E-state index in [1.165, 1.54) is 12.8 Å². The maximum Gasteiger partial charge on any atom is 0.243 e. The van der Waals surface area contributed by atoms with Gasteiger partial charge in [0, 0.05) is 33.2 Å². The Kier molecular flexibility index (Phi) is 9.98. The highest BCUT2D eigenvalue weighted by molar-refractivity contribution is 14.0. The van der Waals surface area contributed by atoms with Gasteiger partial charge in [0.15, 0.2) is 5.96 Å². The van der Waals surface area contributed by atoms with E-state index in [1.807, 2.05) is 0 Å². The molecule has 0 aromatic carbocycles. The van der Waals surface area contributed by atoms with Crippen LogP contribution < -0.4 is 5.32 Å². The predicted octanol–water partition coefficient (Wildman–Crippen LogP) is 2.17. The molecular formula is C15H31IN4O. The zero-order chi connectivity index (χ0) is 15.1. The van der Waals surface area contributed by atoms with E-state index in [9.17, 15) is 4.79 Å². The van der Waals surface area contributed by atoms with Crippen molar-refractivity contribution in [2.24, 2.45) is 10.9 Å². The van der Waals surface area contributed by atoms with E-state index >= 15 is 0 Å². The van der Waals surface area contributed by atoms with E-state index in [0.29, 0.717) is 12.0 Å². The molecule has 2 atom stereocenters. The van der Waals surface area contributed by atoms with Gasteiger partial charge in [0.2, 0.25) is 5.91 Å². The Hall–Kier alpha value is -0.530. The van der Waals surface area contributed by atoms with Gasteiger partial charge >= 0.3 is 0 Å². The Balaban J connectivity index is 0.00000400. The molecule has 2 unspecified atom stereocenters. The van der Waals surface area contributed by atoms with Crippen LogP contribution in [0.25, 0.3) is 0 Å². The number of nitrogens with zero attached hydrogens (tertiary/aromatic N) is 3. The summed E-state index contributed by atoms with van der Waals surface area (Å²) in [6, 6.07) is 0.375. The summed E-state index contributed by atoms with van der Waals surface area (Å²) in [7, 11) is 3.53. The summed E-state index contributed by atoms with van der Waals surface area (Å²) < 4.78 is 0. The molecule has 21 heavy (non-hydrogen) atoms. The molecule has 5 nitrogen and oxygen atoms in total. The van der Waals surface area contributed by atoms with Crippen LogP contribution in [-0.4, -0.2) is 61.4 Å². The van der Waals surface area contributed by atoms with Crippen LogP contribution in [-0.2, 0) is 4.79 Å². The van der Waals surface area contributed by atoms with Crippen LogP contribution in [0.15, 0.2) is 4.99 Å². The molecule has 0 aliphatic carbocycles. The Morgan fingerprint density at radius 2 is 2.14 bits per heavy atom. The summed E-state index contributed by atoms with van der Waals surface area (Å²) in [6.45, 7) is 8.85. The zero-order valence-corrected chi connectivity index (χ0v) is 16.4. The zero-order valence-electron chi connectivity index (χ0n) is 14.1. The number of guanidine groups is 1. The molecule has 0 aromatic heterocycles. The second kappa shape index (κ2) is 10.2. The molecular weight excluding hydrogens is 379 g/mol. The summed E-state index contributed by atoms with van der Waals surface area (Å²) in [4.78, 5) is 20.1. The molecule has 0 bridgehead atoms. The van der Waals surface area contributed by atoms with E-state index < -0.39 is 0 Å². The minimum Gasteiger partial charge on any atom is -0.354 e. The topological polar surface area (TPSA) is 47.9 Å². The normalized spacial score (nSPS) is 20.5. The summed E-state index contributed by atoms with van der Waals surface area (Å²) in [5.74, 6) is 1.62. The summed E-state index contributed by atoms with van der Waals surface area (Å²) >= 11 is 0. The third kappa shape index (κ3) is 7.33. The number of aliphatic imine (C=N–C) groups is 1. The fourth-order valence-electron chi connectivity index (χ4n) is 2.23. The van der Waals surface area contributed by atoms with E-state index in [-0.39, 0.29) is 36.4 Å². The molecule has 1 amide bonds. The first-order valence-corrected chi connectivity index (χ1v) is 7.70. The summed E-state index contributed by atoms with van der Waals surface area (Å²) in [5.41, 5.74) is 0. The second-order valence-electron chi connectivity index (χ2n) is 6.08. The number of halogens is 1. The second-order valence-corrected chi connectivity index (χ2v) is 6.08. The van der Waals surface area contributed by atoms with Crippen LogP contribution in [0, 0.1) is 5.92 Å². The molecule has 1 aliphatic rings. The van der Waals surface area contributed by atoms with Gasteiger partial charge in [0.1, 0.15) is 6.54 Å². The van der Waals surface area contributed by atoms with Gasteiger partial charge in [-0.2, -0.15) is 0 Å². The van der Waals surface area contributed by atoms with Crippen molar-refractivity contribution in [1.29, 1.82) is 0 Å². The van der Waals surface area contributed by atoms with Crippen LogP contribution in [0.2, 0.25) is 0 Å². The fraction of sp³-hybridized carbons (Fsp3) is 0.867. The third-order valence-electron chi connectivity index (χ3n) is 3.81. The van der Waals surface area contributed by atoms with Crippen molar-refractivity contribution >= 4 is 35.8 Å². The van der Waals surface area contributed by atoms with Gasteiger partial charge in [-0.15, -0.1) is 24.0 Å². The first-order chi connectivity index (χ1) is 9.43. The van der Waals surface area contributed by atoms with Crippen molar-refractivity contribution in [3.8, 4) is 0 Å². The summed E-state index contributed by atoms with van der Waals surface area (Å²) in [6.07, 6.45) is 3.53. The maximum atomic E-state index is 11.7. The van der Waals surface area contributed by atoms with Gasteiger partial charge < -0.3 is 15.1 Å². The highest BCUT2D eigenvalue weighted by Gasteiger charge is 2.20. The average molecular weight is 410 g/mol. The van der Waals surface area contributed by atoms with Crippen molar-refractivity contribution in [3.05, 3.63) is 0 Å². The number of carbonyl (C=O) groups excluding carboxylic acids is 1. The molecule has 1 N–H and O–H groups in total. The lowest BCUT2D eigenvalue weighted by Gasteiger charge is -2.34. The molecule has 0 spiro atoms. The number of piperidine rings is 1. The van der Waals surface area contributed by atoms with Gasteiger partial charge in [-0.3, -0.25) is 4.79 Å². The fourth-order valence-corrected chi connectivity index (χ4v) is 2.23. The maximum absolute atomic E-state index is 11.7. The van der Waals surface area contributed by atoms with Crippen LogP contribution in [0.4, 0.5) is 0 Å². The minimum atomic E-state index is 0. The Morgan fingerprint density at radius 1 is 1.48 bits per heavy atom. The van der Waals surface area contributed by atoms with Gasteiger partial charge in [-0.05, 0) is 32.1 Å². The molecule has 0 radical (unpaired) electrons. The number of likely N-dealkylation sites (tertiary alicyclic amines) is 1. The van der Waals surface area contributed by atoms with Crippen LogP contribution in [0.5, 0.6) is 0 Å². The van der Waals surface area contributed by atoms with E-state index in [0.717, 1.165) is 25.5 Å². The van der Waals surface area contributed by atoms with Gasteiger partial charge in [-0.1, -0.05) is 13.8 Å². The lowest BCUT2D eigenvalue weighted by molar-refractivity contribution is -0.127. The quantitative estimate of drug-likeness (QED) is 0.439. The van der Waals surface area contributed by atoms with Crippen molar-refractivity contribution in [3.63, 3.8) is 0 Å². The van der Waals surface area contributed by atoms with Crippen LogP contribution in [0.3, 0.4) is 0 Å². The first-order valence-electron chi connectivity index (χ1n) is 7.70. The molecule has 1 rings (SSSR count). The molecule has 1 heterocycles. The number of carbonyl (C=O) groups is 1. The molecule has 0 aromatic rings. The standard InChI is InChI=1S/C15H30N4O.HI/c1-6-13(3)17-15(16-10-14(20)18(4)5)19-9-7-8-12(2)11-19;/h12-13H,6-11H2,1-5H3,(H,16,17);1H. The molecule has 1 saturated heterocycles. The molecule has 124 valence electrons. The van der Waals surface area contributed by atoms with Gasteiger partial charge in [0.05, 0.1) is 0 Å². The van der Waals surface area contributed by atoms with Crippen molar-refractivity contribution in [2.75, 3.05) is 33.7 Å². The van der Waals surface area contributed by atoms with E-state index in [2.05, 4.69) is 36.0 Å².